The van der Waals surface area contributed by atoms with Crippen LogP contribution in [0.25, 0.3) is 0 Å². The first-order valence-electron chi connectivity index (χ1n) is 11.9. The number of rotatable bonds is 14. The predicted molar refractivity (Wildman–Crippen MR) is 141 cm³/mol. The number of β-lactam (4-membered cyclic amide) rings is 1. The Labute approximate surface area is 230 Å². The molecular weight excluding hydrogens is 556 g/mol. The molecule has 2 amide bonds. The van der Waals surface area contributed by atoms with Crippen molar-refractivity contribution in [2.45, 2.75) is 49.9 Å². The number of hydroxylamine groups is 1. The Kier molecular flexibility index (Phi) is 8.85. The Morgan fingerprint density at radius 2 is 2.23 bits per heavy atom. The van der Waals surface area contributed by atoms with E-state index in [1.165, 1.54) is 11.6 Å². The highest BCUT2D eigenvalue weighted by Gasteiger charge is 2.55. The summed E-state index contributed by atoms with van der Waals surface area (Å²) < 4.78 is 10.6. The number of aromatic nitrogens is 1. The summed E-state index contributed by atoms with van der Waals surface area (Å²) in [6.07, 6.45) is 2.76. The Hall–Kier alpha value is -3.52. The second-order valence-corrected chi connectivity index (χ2v) is 10.3. The number of aliphatic carboxylic acids is 1. The van der Waals surface area contributed by atoms with Gasteiger partial charge < -0.3 is 36.6 Å². The Morgan fingerprint density at radius 3 is 2.79 bits per heavy atom. The van der Waals surface area contributed by atoms with Crippen molar-refractivity contribution < 1.29 is 33.8 Å². The number of carbonyl (C=O) groups is 3. The van der Waals surface area contributed by atoms with Crippen LogP contribution in [-0.4, -0.2) is 103 Å². The predicted octanol–water partition coefficient (Wildman–Crippen LogP) is -1.20. The van der Waals surface area contributed by atoms with Gasteiger partial charge in [-0.05, 0) is 26.4 Å². The van der Waals surface area contributed by atoms with Crippen molar-refractivity contribution in [2.75, 3.05) is 25.4 Å². The molecule has 2 aliphatic heterocycles. The number of anilines is 1. The average molecular weight is 585 g/mol. The fourth-order valence-corrected chi connectivity index (χ4v) is 4.63. The van der Waals surface area contributed by atoms with E-state index in [1.807, 2.05) is 6.92 Å². The summed E-state index contributed by atoms with van der Waals surface area (Å²) in [6, 6.07) is -2.02. The van der Waals surface area contributed by atoms with Gasteiger partial charge in [-0.15, -0.1) is 16.4 Å². The van der Waals surface area contributed by atoms with Crippen molar-refractivity contribution >= 4 is 64.1 Å². The molecule has 1 aromatic rings. The molecule has 0 bridgehead atoms. The summed E-state index contributed by atoms with van der Waals surface area (Å²) in [4.78, 5) is 51.8. The van der Waals surface area contributed by atoms with E-state index in [2.05, 4.69) is 31.0 Å². The lowest BCUT2D eigenvalue weighted by Crippen LogP contribution is -2.71. The number of thiazole rings is 1. The largest absolute Gasteiger partial charge is 0.478 e. The van der Waals surface area contributed by atoms with Gasteiger partial charge in [0.25, 0.3) is 11.8 Å². The number of carbonyl (C=O) groups excluding carboxylic acids is 2. The molecule has 1 saturated carbocycles. The summed E-state index contributed by atoms with van der Waals surface area (Å²) in [7, 11) is 0. The maximum absolute atomic E-state index is 13.2. The van der Waals surface area contributed by atoms with Crippen LogP contribution in [0.1, 0.15) is 31.9 Å². The minimum absolute atomic E-state index is 0.0490. The zero-order valence-corrected chi connectivity index (χ0v) is 22.4. The zero-order valence-electron chi connectivity index (χ0n) is 20.7. The van der Waals surface area contributed by atoms with Gasteiger partial charge in [-0.2, -0.15) is 0 Å². The lowest BCUT2D eigenvalue weighted by atomic mass is 9.98. The minimum atomic E-state index is -1.51. The molecule has 0 radical (unpaired) electrons. The lowest BCUT2D eigenvalue weighted by Gasteiger charge is -2.44. The van der Waals surface area contributed by atoms with Crippen molar-refractivity contribution in [1.29, 1.82) is 0 Å². The smallest absolute Gasteiger partial charge is 0.350 e. The van der Waals surface area contributed by atoms with Gasteiger partial charge in [0.05, 0.1) is 18.3 Å². The van der Waals surface area contributed by atoms with Gasteiger partial charge in [0, 0.05) is 18.2 Å². The number of hydrogen-bond acceptors (Lipinski definition) is 16. The number of nitrogens with zero attached hydrogens (tertiary/aromatic N) is 6. The SMILES string of the molecule is CC(NCCCN)C1=NON(CC2C(NC(=O)/C(=N\OC3(C(=O)O)CC3)c3csc(N)n3)C(=O)N2SO)N=C1. The summed E-state index contributed by atoms with van der Waals surface area (Å²) in [6.45, 7) is 3.09. The third-order valence-electron chi connectivity index (χ3n) is 6.11. The summed E-state index contributed by atoms with van der Waals surface area (Å²) >= 11 is 1.23. The van der Waals surface area contributed by atoms with Crippen molar-refractivity contribution in [3.05, 3.63) is 11.1 Å². The normalized spacial score (nSPS) is 22.5. The van der Waals surface area contributed by atoms with E-state index in [0.29, 0.717) is 18.8 Å². The fraction of sp³-hybridized carbons (Fsp3) is 0.550. The number of oxime groups is 2. The molecule has 19 heteroatoms. The molecule has 1 saturated heterocycles. The highest BCUT2D eigenvalue weighted by atomic mass is 32.2. The standard InChI is InChI=1S/C20H28N10O7S2/c1-10(23-6-2-5-21)11-7-24-29(37-27-11)8-13-15(17(32)30(13)39-35)26-16(31)14(12-9-38-19(22)25-12)28-36-20(3-4-20)18(33)34/h7,9-10,13,15,23,35H,2-6,8,21H2,1H3,(H2,22,25)(H,26,31)(H,33,34)/b28-14-. The summed E-state index contributed by atoms with van der Waals surface area (Å²) in [5, 5.41) is 29.8. The van der Waals surface area contributed by atoms with Gasteiger partial charge in [0.2, 0.25) is 5.60 Å². The molecule has 17 nitrogen and oxygen atoms in total. The van der Waals surface area contributed by atoms with Crippen LogP contribution in [0.3, 0.4) is 0 Å². The number of carboxylic acid groups (broad SMARTS) is 1. The molecule has 3 unspecified atom stereocenters. The van der Waals surface area contributed by atoms with Crippen molar-refractivity contribution in [1.82, 2.24) is 25.1 Å². The van der Waals surface area contributed by atoms with Gasteiger partial charge >= 0.3 is 5.97 Å². The minimum Gasteiger partial charge on any atom is -0.478 e. The molecule has 0 aromatic carbocycles. The van der Waals surface area contributed by atoms with Crippen LogP contribution in [-0.2, 0) is 24.2 Å². The fourth-order valence-electron chi connectivity index (χ4n) is 3.58. The van der Waals surface area contributed by atoms with E-state index in [9.17, 15) is 24.0 Å². The third-order valence-corrected chi connectivity index (χ3v) is 7.41. The van der Waals surface area contributed by atoms with E-state index in [0.717, 1.165) is 27.2 Å². The molecule has 3 atom stereocenters. The molecule has 1 aliphatic carbocycles. The van der Waals surface area contributed by atoms with Crippen molar-refractivity contribution in [2.24, 2.45) is 21.1 Å². The molecule has 0 spiro atoms. The lowest BCUT2D eigenvalue weighted by molar-refractivity contribution is -0.180. The number of hydrogen-bond donors (Lipinski definition) is 6. The number of nitrogen functional groups attached to an aromatic ring is 1. The van der Waals surface area contributed by atoms with Gasteiger partial charge in [0.15, 0.2) is 10.8 Å². The van der Waals surface area contributed by atoms with E-state index in [4.69, 9.17) is 21.2 Å². The average Bonchev–Trinajstić information content (AvgIpc) is 3.61. The maximum Gasteiger partial charge on any atom is 0.350 e. The molecule has 212 valence electrons. The number of carboxylic acids is 1. The first-order valence-corrected chi connectivity index (χ1v) is 13.5. The third kappa shape index (κ3) is 6.38. The number of hydrazone groups is 1. The van der Waals surface area contributed by atoms with Gasteiger partial charge in [-0.25, -0.2) is 9.78 Å². The second-order valence-electron chi connectivity index (χ2n) is 8.86. The van der Waals surface area contributed by atoms with Crippen LogP contribution in [0.15, 0.2) is 20.8 Å². The van der Waals surface area contributed by atoms with Crippen LogP contribution in [0.5, 0.6) is 0 Å². The topological polar surface area (TPSA) is 243 Å². The number of nitrogens with two attached hydrogens (primary N) is 2. The molecule has 3 aliphatic rings. The quantitative estimate of drug-likeness (QED) is 0.0376. The molecule has 3 heterocycles. The Balaban J connectivity index is 1.42. The second kappa shape index (κ2) is 12.1. The van der Waals surface area contributed by atoms with Gasteiger partial charge in [-0.1, -0.05) is 15.5 Å². The van der Waals surface area contributed by atoms with Gasteiger partial charge in [-0.3, -0.25) is 18.8 Å². The first kappa shape index (κ1) is 28.5. The first-order chi connectivity index (χ1) is 18.7. The highest BCUT2D eigenvalue weighted by Crippen LogP contribution is 2.40. The van der Waals surface area contributed by atoms with Gasteiger partial charge in [0.1, 0.15) is 36.2 Å². The number of nitrogens with one attached hydrogen (secondary N) is 2. The molecule has 39 heavy (non-hydrogen) atoms. The van der Waals surface area contributed by atoms with Crippen LogP contribution in [0.2, 0.25) is 0 Å². The summed E-state index contributed by atoms with van der Waals surface area (Å²) in [5.41, 5.74) is 9.92. The van der Waals surface area contributed by atoms with E-state index < -0.39 is 35.5 Å². The van der Waals surface area contributed by atoms with Crippen LogP contribution in [0.4, 0.5) is 5.13 Å². The Morgan fingerprint density at radius 1 is 1.46 bits per heavy atom. The highest BCUT2D eigenvalue weighted by molar-refractivity contribution is 7.92. The van der Waals surface area contributed by atoms with E-state index >= 15 is 0 Å². The van der Waals surface area contributed by atoms with E-state index in [1.54, 1.807) is 0 Å². The van der Waals surface area contributed by atoms with Crippen molar-refractivity contribution in [3.8, 4) is 0 Å². The molecular formula is C20H28N10O7S2. The molecule has 8 N–H and O–H groups in total. The summed E-state index contributed by atoms with van der Waals surface area (Å²) in [5.74, 6) is -2.65. The Bertz CT molecular complexity index is 1190. The zero-order chi connectivity index (χ0) is 28.2. The van der Waals surface area contributed by atoms with Crippen LogP contribution in [0, 0.1) is 0 Å². The molecule has 4 rings (SSSR count). The maximum atomic E-state index is 13.2. The van der Waals surface area contributed by atoms with Crippen molar-refractivity contribution in [3.63, 3.8) is 0 Å². The van der Waals surface area contributed by atoms with E-state index in [-0.39, 0.29) is 54.2 Å². The van der Waals surface area contributed by atoms with Crippen LogP contribution >= 0.6 is 23.6 Å². The molecule has 2 fully saturated rings. The number of amides is 2. The molecule has 1 aromatic heterocycles. The monoisotopic (exact) mass is 584 g/mol. The van der Waals surface area contributed by atoms with Crippen LogP contribution < -0.4 is 22.1 Å².